The van der Waals surface area contributed by atoms with E-state index in [4.69, 9.17) is 4.74 Å². The molecular weight excluding hydrogens is 521 g/mol. The van der Waals surface area contributed by atoms with Gasteiger partial charge in [0.2, 0.25) is 16.0 Å². The number of ether oxygens (including phenoxy) is 1. The molecule has 0 atom stereocenters. The molecule has 10 nitrogen and oxygen atoms in total. The number of likely N-dealkylation sites (N-methyl/N-ethyl adjacent to an activating group) is 1. The Bertz CT molecular complexity index is 1390. The third kappa shape index (κ3) is 6.71. The molecule has 0 unspecified atom stereocenters. The molecule has 12 heteroatoms. The van der Waals surface area contributed by atoms with Gasteiger partial charge in [-0.3, -0.25) is 4.90 Å². The Labute approximate surface area is 228 Å². The summed E-state index contributed by atoms with van der Waals surface area (Å²) in [4.78, 5) is 13.6. The number of nitrogens with zero attached hydrogens (tertiary/aromatic N) is 5. The molecule has 0 radical (unpaired) electrons. The minimum atomic E-state index is -3.94. The van der Waals surface area contributed by atoms with Gasteiger partial charge in [-0.05, 0) is 49.9 Å². The zero-order valence-electron chi connectivity index (χ0n) is 22.2. The number of piperazine rings is 1. The van der Waals surface area contributed by atoms with Crippen LogP contribution in [-0.2, 0) is 21.3 Å². The third-order valence-corrected chi connectivity index (χ3v) is 8.91. The summed E-state index contributed by atoms with van der Waals surface area (Å²) >= 11 is 0. The zero-order chi connectivity index (χ0) is 27.4. The molecule has 2 aromatic carbocycles. The van der Waals surface area contributed by atoms with Crippen molar-refractivity contribution in [3.05, 3.63) is 65.6 Å². The maximum Gasteiger partial charge on any atom is 0.245 e. The van der Waals surface area contributed by atoms with Crippen molar-refractivity contribution >= 4 is 33.2 Å². The van der Waals surface area contributed by atoms with Gasteiger partial charge >= 0.3 is 0 Å². The van der Waals surface area contributed by atoms with Gasteiger partial charge in [0.25, 0.3) is 0 Å². The van der Waals surface area contributed by atoms with Crippen LogP contribution in [0.5, 0.6) is 0 Å². The first-order chi connectivity index (χ1) is 18.8. The van der Waals surface area contributed by atoms with Crippen molar-refractivity contribution in [2.75, 3.05) is 70.2 Å². The van der Waals surface area contributed by atoms with Crippen LogP contribution in [0, 0.1) is 12.7 Å². The van der Waals surface area contributed by atoms with Gasteiger partial charge in [0.05, 0.1) is 18.9 Å². The van der Waals surface area contributed by atoms with E-state index in [2.05, 4.69) is 49.6 Å². The fraction of sp³-hybridized carbons (Fsp3) is 0.407. The summed E-state index contributed by atoms with van der Waals surface area (Å²) in [5.74, 6) is 0.143. The average Bonchev–Trinajstić information content (AvgIpc) is 2.94. The Morgan fingerprint density at radius 2 is 1.69 bits per heavy atom. The molecule has 0 bridgehead atoms. The summed E-state index contributed by atoms with van der Waals surface area (Å²) in [6.45, 7) is 8.05. The molecule has 0 amide bonds. The van der Waals surface area contributed by atoms with Crippen LogP contribution in [0.25, 0.3) is 0 Å². The van der Waals surface area contributed by atoms with E-state index < -0.39 is 15.8 Å². The second-order valence-corrected chi connectivity index (χ2v) is 11.8. The fourth-order valence-corrected chi connectivity index (χ4v) is 6.15. The number of hydrogen-bond acceptors (Lipinski definition) is 9. The lowest BCUT2D eigenvalue weighted by Gasteiger charge is -2.32. The lowest BCUT2D eigenvalue weighted by atomic mass is 10.2. The van der Waals surface area contributed by atoms with Crippen LogP contribution in [0.4, 0.5) is 27.5 Å². The number of hydrogen-bond donors (Lipinski definition) is 2. The van der Waals surface area contributed by atoms with E-state index in [0.717, 1.165) is 44.5 Å². The van der Waals surface area contributed by atoms with E-state index in [-0.39, 0.29) is 23.7 Å². The molecule has 2 aliphatic heterocycles. The van der Waals surface area contributed by atoms with Crippen molar-refractivity contribution in [3.8, 4) is 0 Å². The van der Waals surface area contributed by atoms with Crippen molar-refractivity contribution in [1.29, 1.82) is 0 Å². The standard InChI is InChI=1S/C27H34FN7O3S/c1-20-18-29-27(30-23-6-3-21(4-7-23)19-34-11-9-33(2)10-12-34)32-26(20)31-24-8-5-22(28)17-25(24)39(36,37)35-13-15-38-16-14-35/h3-8,17-18H,9-16,19H2,1-2H3,(H2,29,30,31,32). The fourth-order valence-electron chi connectivity index (χ4n) is 4.58. The van der Waals surface area contributed by atoms with Crippen molar-refractivity contribution in [2.45, 2.75) is 18.4 Å². The Hall–Kier alpha value is -3.16. The SMILES string of the molecule is Cc1cnc(Nc2ccc(CN3CCN(C)CC3)cc2)nc1Nc1ccc(F)cc1S(=O)(=O)N1CCOCC1. The molecule has 2 aliphatic rings. The molecule has 0 spiro atoms. The molecule has 2 fully saturated rings. The van der Waals surface area contributed by atoms with Crippen molar-refractivity contribution < 1.29 is 17.5 Å². The molecule has 3 aromatic rings. The Morgan fingerprint density at radius 1 is 0.974 bits per heavy atom. The van der Waals surface area contributed by atoms with Crippen LogP contribution in [0.15, 0.2) is 53.6 Å². The van der Waals surface area contributed by atoms with E-state index in [1.165, 1.54) is 22.0 Å². The third-order valence-electron chi connectivity index (χ3n) is 6.97. The van der Waals surface area contributed by atoms with Crippen LogP contribution in [0.1, 0.15) is 11.1 Å². The number of sulfonamides is 1. The number of nitrogens with one attached hydrogen (secondary N) is 2. The first-order valence-electron chi connectivity index (χ1n) is 13.0. The minimum Gasteiger partial charge on any atom is -0.379 e. The predicted octanol–water partition coefficient (Wildman–Crippen LogP) is 3.18. The summed E-state index contributed by atoms with van der Waals surface area (Å²) in [6.07, 6.45) is 1.65. The molecule has 3 heterocycles. The maximum atomic E-state index is 14.2. The van der Waals surface area contributed by atoms with Gasteiger partial charge in [0.1, 0.15) is 16.5 Å². The number of morpholine rings is 1. The van der Waals surface area contributed by atoms with Crippen LogP contribution in [-0.4, -0.2) is 92.0 Å². The lowest BCUT2D eigenvalue weighted by Crippen LogP contribution is -2.43. The van der Waals surface area contributed by atoms with Gasteiger partial charge in [-0.2, -0.15) is 9.29 Å². The highest BCUT2D eigenvalue weighted by Crippen LogP contribution is 2.30. The van der Waals surface area contributed by atoms with E-state index in [1.807, 2.05) is 19.1 Å². The Kier molecular flexibility index (Phi) is 8.38. The predicted molar refractivity (Wildman–Crippen MR) is 149 cm³/mol. The highest BCUT2D eigenvalue weighted by molar-refractivity contribution is 7.89. The average molecular weight is 556 g/mol. The molecule has 5 rings (SSSR count). The van der Waals surface area contributed by atoms with Gasteiger partial charge in [-0.15, -0.1) is 0 Å². The van der Waals surface area contributed by atoms with Crippen LogP contribution in [0.3, 0.4) is 0 Å². The summed E-state index contributed by atoms with van der Waals surface area (Å²) in [5.41, 5.74) is 3.03. The molecule has 208 valence electrons. The largest absolute Gasteiger partial charge is 0.379 e. The molecule has 2 N–H and O–H groups in total. The minimum absolute atomic E-state index is 0.145. The molecule has 0 saturated carbocycles. The number of rotatable bonds is 8. The highest BCUT2D eigenvalue weighted by Gasteiger charge is 2.29. The molecular formula is C27H34FN7O3S. The number of anilines is 4. The topological polar surface area (TPSA) is 103 Å². The molecule has 0 aliphatic carbocycles. The Balaban J connectivity index is 1.31. The van der Waals surface area contributed by atoms with Crippen molar-refractivity contribution in [2.24, 2.45) is 0 Å². The van der Waals surface area contributed by atoms with E-state index in [1.54, 1.807) is 6.20 Å². The van der Waals surface area contributed by atoms with Gasteiger partial charge in [-0.1, -0.05) is 12.1 Å². The van der Waals surface area contributed by atoms with E-state index >= 15 is 0 Å². The number of aromatic nitrogens is 2. The number of benzene rings is 2. The van der Waals surface area contributed by atoms with Crippen LogP contribution in [0.2, 0.25) is 0 Å². The molecule has 1 aromatic heterocycles. The normalized spacial score (nSPS) is 17.7. The van der Waals surface area contributed by atoms with Crippen LogP contribution >= 0.6 is 0 Å². The summed E-state index contributed by atoms with van der Waals surface area (Å²) in [5, 5.41) is 6.31. The highest BCUT2D eigenvalue weighted by atomic mass is 32.2. The summed E-state index contributed by atoms with van der Waals surface area (Å²) < 4.78 is 47.4. The van der Waals surface area contributed by atoms with Gasteiger partial charge in [0, 0.05) is 63.3 Å². The number of halogens is 1. The zero-order valence-corrected chi connectivity index (χ0v) is 23.0. The van der Waals surface area contributed by atoms with Gasteiger partial charge < -0.3 is 20.3 Å². The van der Waals surface area contributed by atoms with E-state index in [9.17, 15) is 12.8 Å². The monoisotopic (exact) mass is 555 g/mol. The lowest BCUT2D eigenvalue weighted by molar-refractivity contribution is 0.0730. The molecule has 2 saturated heterocycles. The van der Waals surface area contributed by atoms with Crippen molar-refractivity contribution in [3.63, 3.8) is 0 Å². The first kappa shape index (κ1) is 27.4. The smallest absolute Gasteiger partial charge is 0.245 e. The second-order valence-electron chi connectivity index (χ2n) is 9.91. The Morgan fingerprint density at radius 3 is 2.41 bits per heavy atom. The van der Waals surface area contributed by atoms with Gasteiger partial charge in [-0.25, -0.2) is 17.8 Å². The van der Waals surface area contributed by atoms with Gasteiger partial charge in [0.15, 0.2) is 0 Å². The summed E-state index contributed by atoms with van der Waals surface area (Å²) in [7, 11) is -1.79. The van der Waals surface area contributed by atoms with Crippen LogP contribution < -0.4 is 10.6 Å². The van der Waals surface area contributed by atoms with E-state index in [0.29, 0.717) is 30.5 Å². The second kappa shape index (κ2) is 11.9. The number of aryl methyl sites for hydroxylation is 1. The van der Waals surface area contributed by atoms with Crippen molar-refractivity contribution in [1.82, 2.24) is 24.1 Å². The molecule has 39 heavy (non-hydrogen) atoms. The maximum absolute atomic E-state index is 14.2. The summed E-state index contributed by atoms with van der Waals surface area (Å²) in [6, 6.07) is 11.8. The quantitative estimate of drug-likeness (QED) is 0.434. The first-order valence-corrected chi connectivity index (χ1v) is 14.5.